The molecule has 1 N–H and O–H groups in total. The molecule has 5 fully saturated rings. The summed E-state index contributed by atoms with van der Waals surface area (Å²) in [4.78, 5) is 4.87. The molecule has 4 saturated carbocycles. The standard InChI is InChI=1S/C20H36N2O2/c1-2-21-3-5-22(6-4-21)13-19(23)14-24-15-20-10-16-7-17(11-20)9-18(8-16)12-20/h16-19,23H,2-15H2,1H3/t16?,17?,18?,19-,20?/m1/s1. The molecule has 1 heterocycles. The predicted octanol–water partition coefficient (Wildman–Crippen LogP) is 2.22. The molecule has 0 aromatic carbocycles. The fourth-order valence-electron chi connectivity index (χ4n) is 6.52. The van der Waals surface area contributed by atoms with E-state index in [4.69, 9.17) is 4.74 Å². The third-order valence-corrected chi connectivity index (χ3v) is 7.26. The fourth-order valence-corrected chi connectivity index (χ4v) is 6.52. The van der Waals surface area contributed by atoms with Crippen molar-refractivity contribution in [1.82, 2.24) is 9.80 Å². The Labute approximate surface area is 147 Å². The minimum Gasteiger partial charge on any atom is -0.389 e. The summed E-state index contributed by atoms with van der Waals surface area (Å²) in [5.74, 6) is 2.96. The first-order chi connectivity index (χ1) is 11.6. The molecular formula is C20H36N2O2. The van der Waals surface area contributed by atoms with Crippen molar-refractivity contribution in [3.05, 3.63) is 0 Å². The first-order valence-corrected chi connectivity index (χ1v) is 10.3. The van der Waals surface area contributed by atoms with Crippen LogP contribution in [-0.2, 0) is 4.74 Å². The van der Waals surface area contributed by atoms with Crippen molar-refractivity contribution in [2.75, 3.05) is 52.5 Å². The van der Waals surface area contributed by atoms with E-state index in [2.05, 4.69) is 16.7 Å². The molecule has 0 unspecified atom stereocenters. The van der Waals surface area contributed by atoms with E-state index in [0.717, 1.165) is 63.6 Å². The molecule has 0 radical (unpaired) electrons. The summed E-state index contributed by atoms with van der Waals surface area (Å²) < 4.78 is 6.08. The van der Waals surface area contributed by atoms with E-state index in [-0.39, 0.29) is 6.10 Å². The number of nitrogens with zero attached hydrogens (tertiary/aromatic N) is 2. The lowest BCUT2D eigenvalue weighted by atomic mass is 9.50. The minimum atomic E-state index is -0.327. The van der Waals surface area contributed by atoms with Crippen LogP contribution in [0.4, 0.5) is 0 Å². The minimum absolute atomic E-state index is 0.327. The Hall–Kier alpha value is -0.160. The third kappa shape index (κ3) is 3.82. The molecule has 0 spiro atoms. The second-order valence-corrected chi connectivity index (χ2v) is 9.32. The number of ether oxygens (including phenoxy) is 1. The molecule has 4 aliphatic carbocycles. The van der Waals surface area contributed by atoms with Crippen molar-refractivity contribution in [2.45, 2.75) is 51.6 Å². The molecule has 4 bridgehead atoms. The Bertz CT molecular complexity index is 385. The zero-order valence-electron chi connectivity index (χ0n) is 15.5. The number of rotatable bonds is 7. The van der Waals surface area contributed by atoms with Crippen LogP contribution in [0.1, 0.15) is 45.4 Å². The zero-order chi connectivity index (χ0) is 16.6. The molecule has 4 heteroatoms. The van der Waals surface area contributed by atoms with Gasteiger partial charge in [-0.2, -0.15) is 0 Å². The zero-order valence-corrected chi connectivity index (χ0v) is 15.5. The fraction of sp³-hybridized carbons (Fsp3) is 1.00. The molecule has 138 valence electrons. The van der Waals surface area contributed by atoms with Crippen LogP contribution in [0.15, 0.2) is 0 Å². The molecule has 1 saturated heterocycles. The largest absolute Gasteiger partial charge is 0.389 e. The van der Waals surface area contributed by atoms with E-state index >= 15 is 0 Å². The Kier molecular flexibility index (Phi) is 5.19. The topological polar surface area (TPSA) is 35.9 Å². The maximum Gasteiger partial charge on any atom is 0.0900 e. The quantitative estimate of drug-likeness (QED) is 0.773. The smallest absolute Gasteiger partial charge is 0.0900 e. The molecule has 5 rings (SSSR count). The van der Waals surface area contributed by atoms with Crippen LogP contribution in [0.3, 0.4) is 0 Å². The van der Waals surface area contributed by atoms with Crippen molar-refractivity contribution >= 4 is 0 Å². The molecule has 4 nitrogen and oxygen atoms in total. The van der Waals surface area contributed by atoms with Crippen LogP contribution >= 0.6 is 0 Å². The molecule has 24 heavy (non-hydrogen) atoms. The number of piperazine rings is 1. The van der Waals surface area contributed by atoms with Gasteiger partial charge in [-0.05, 0) is 68.2 Å². The normalized spacial score (nSPS) is 41.0. The molecular weight excluding hydrogens is 300 g/mol. The van der Waals surface area contributed by atoms with E-state index in [9.17, 15) is 5.11 Å². The summed E-state index contributed by atoms with van der Waals surface area (Å²) >= 11 is 0. The number of aliphatic hydroxyl groups excluding tert-OH is 1. The van der Waals surface area contributed by atoms with Gasteiger partial charge in [-0.1, -0.05) is 6.92 Å². The highest BCUT2D eigenvalue weighted by atomic mass is 16.5. The van der Waals surface area contributed by atoms with E-state index < -0.39 is 0 Å². The highest BCUT2D eigenvalue weighted by molar-refractivity contribution is 5.01. The lowest BCUT2D eigenvalue weighted by Crippen LogP contribution is -2.49. The van der Waals surface area contributed by atoms with Crippen LogP contribution < -0.4 is 0 Å². The second kappa shape index (κ2) is 7.22. The summed E-state index contributed by atoms with van der Waals surface area (Å²) in [6.45, 7) is 10.0. The number of aliphatic hydroxyl groups is 1. The molecule has 1 aliphatic heterocycles. The highest BCUT2D eigenvalue weighted by Gasteiger charge is 2.50. The summed E-state index contributed by atoms with van der Waals surface area (Å²) in [5, 5.41) is 10.4. The van der Waals surface area contributed by atoms with E-state index in [1.165, 1.54) is 38.5 Å². The second-order valence-electron chi connectivity index (χ2n) is 9.32. The van der Waals surface area contributed by atoms with Crippen LogP contribution in [0, 0.1) is 23.2 Å². The van der Waals surface area contributed by atoms with Crippen molar-refractivity contribution in [2.24, 2.45) is 23.2 Å². The van der Waals surface area contributed by atoms with Gasteiger partial charge in [0.2, 0.25) is 0 Å². The maximum absolute atomic E-state index is 10.4. The van der Waals surface area contributed by atoms with Crippen LogP contribution in [-0.4, -0.2) is 73.5 Å². The third-order valence-electron chi connectivity index (χ3n) is 7.26. The number of hydrogen-bond acceptors (Lipinski definition) is 4. The van der Waals surface area contributed by atoms with Crippen molar-refractivity contribution in [3.8, 4) is 0 Å². The lowest BCUT2D eigenvalue weighted by Gasteiger charge is -2.56. The summed E-state index contributed by atoms with van der Waals surface area (Å²) in [5.41, 5.74) is 0.473. The van der Waals surface area contributed by atoms with Crippen LogP contribution in [0.25, 0.3) is 0 Å². The van der Waals surface area contributed by atoms with Gasteiger partial charge < -0.3 is 14.7 Å². The van der Waals surface area contributed by atoms with E-state index in [1.54, 1.807) is 0 Å². The number of β-amino-alcohol motifs (C(OH)–C–C–N with tert-alkyl or cyclic N) is 1. The molecule has 0 aromatic heterocycles. The van der Waals surface area contributed by atoms with Gasteiger partial charge in [0.15, 0.2) is 0 Å². The lowest BCUT2D eigenvalue weighted by molar-refractivity contribution is -0.107. The summed E-state index contributed by atoms with van der Waals surface area (Å²) in [6.07, 6.45) is 8.34. The van der Waals surface area contributed by atoms with Gasteiger partial charge in [0.1, 0.15) is 0 Å². The van der Waals surface area contributed by atoms with Gasteiger partial charge in [-0.15, -0.1) is 0 Å². The molecule has 5 aliphatic rings. The van der Waals surface area contributed by atoms with Crippen LogP contribution in [0.5, 0.6) is 0 Å². The first kappa shape index (κ1) is 17.3. The van der Waals surface area contributed by atoms with E-state index in [0.29, 0.717) is 12.0 Å². The SMILES string of the molecule is CCN1CCN(C[C@@H](O)COCC23CC4CC(CC(C4)C2)C3)CC1. The van der Waals surface area contributed by atoms with Gasteiger partial charge in [-0.3, -0.25) is 4.90 Å². The van der Waals surface area contributed by atoms with Crippen molar-refractivity contribution < 1.29 is 9.84 Å². The van der Waals surface area contributed by atoms with Crippen molar-refractivity contribution in [3.63, 3.8) is 0 Å². The first-order valence-electron chi connectivity index (χ1n) is 10.3. The molecule has 0 amide bonds. The Morgan fingerprint density at radius 3 is 2.04 bits per heavy atom. The van der Waals surface area contributed by atoms with Gasteiger partial charge in [0.25, 0.3) is 0 Å². The van der Waals surface area contributed by atoms with Gasteiger partial charge >= 0.3 is 0 Å². The number of likely N-dealkylation sites (N-methyl/N-ethyl adjacent to an activating group) is 1. The summed E-state index contributed by atoms with van der Waals surface area (Å²) in [6, 6.07) is 0. The van der Waals surface area contributed by atoms with Gasteiger partial charge in [0, 0.05) is 32.7 Å². The van der Waals surface area contributed by atoms with Crippen LogP contribution in [0.2, 0.25) is 0 Å². The summed E-state index contributed by atoms with van der Waals surface area (Å²) in [7, 11) is 0. The van der Waals surface area contributed by atoms with Crippen molar-refractivity contribution in [1.29, 1.82) is 0 Å². The Morgan fingerprint density at radius 1 is 0.958 bits per heavy atom. The van der Waals surface area contributed by atoms with Gasteiger partial charge in [0.05, 0.1) is 19.3 Å². The average molecular weight is 337 g/mol. The molecule has 0 aromatic rings. The monoisotopic (exact) mass is 336 g/mol. The Morgan fingerprint density at radius 2 is 1.50 bits per heavy atom. The maximum atomic E-state index is 10.4. The number of hydrogen-bond donors (Lipinski definition) is 1. The average Bonchev–Trinajstić information content (AvgIpc) is 2.54. The Balaban J connectivity index is 1.18. The van der Waals surface area contributed by atoms with Gasteiger partial charge in [-0.25, -0.2) is 0 Å². The molecule has 1 atom stereocenters. The highest BCUT2D eigenvalue weighted by Crippen LogP contribution is 2.60. The van der Waals surface area contributed by atoms with E-state index in [1.807, 2.05) is 0 Å². The predicted molar refractivity (Wildman–Crippen MR) is 96.0 cm³/mol.